The molecule has 0 bridgehead atoms. The fourth-order valence-corrected chi connectivity index (χ4v) is 5.01. The second-order valence-electron chi connectivity index (χ2n) is 4.71. The van der Waals surface area contributed by atoms with Gasteiger partial charge >= 0.3 is 0 Å². The van der Waals surface area contributed by atoms with E-state index >= 15 is 0 Å². The van der Waals surface area contributed by atoms with Crippen LogP contribution in [-0.4, -0.2) is 34.8 Å². The van der Waals surface area contributed by atoms with Crippen molar-refractivity contribution >= 4 is 26.1 Å². The third kappa shape index (κ3) is 2.10. The number of rotatable bonds is 2. The van der Waals surface area contributed by atoms with Gasteiger partial charge in [-0.3, -0.25) is 4.40 Å². The molecule has 0 aliphatic carbocycles. The van der Waals surface area contributed by atoms with Crippen molar-refractivity contribution in [2.45, 2.75) is 18.4 Å². The van der Waals surface area contributed by atoms with Gasteiger partial charge in [-0.05, 0) is 6.42 Å². The van der Waals surface area contributed by atoms with Gasteiger partial charge in [-0.1, -0.05) is 0 Å². The number of hydrogen-bond acceptors (Lipinski definition) is 5. The molecule has 0 saturated carbocycles. The lowest BCUT2D eigenvalue weighted by atomic mass is 9.95. The Morgan fingerprint density at radius 1 is 1.59 bits per heavy atom. The Hall–Kier alpha value is -0.920. The van der Waals surface area contributed by atoms with E-state index in [1.807, 2.05) is 22.2 Å². The summed E-state index contributed by atoms with van der Waals surface area (Å²) in [5.41, 5.74) is 6.37. The van der Waals surface area contributed by atoms with E-state index in [-0.39, 0.29) is 11.5 Å². The predicted octanol–water partition coefficient (Wildman–Crippen LogP) is 0.454. The molecule has 2 aromatic rings. The summed E-state index contributed by atoms with van der Waals surface area (Å²) in [5.74, 6) is 0.275. The van der Waals surface area contributed by atoms with Crippen LogP contribution in [0.5, 0.6) is 0 Å². The zero-order valence-electron chi connectivity index (χ0n) is 9.17. The fourth-order valence-electron chi connectivity index (χ4n) is 2.30. The van der Waals surface area contributed by atoms with Gasteiger partial charge in [0, 0.05) is 29.7 Å². The molecular formula is C10H13N3O2S2. The minimum atomic E-state index is -2.95. The van der Waals surface area contributed by atoms with Crippen LogP contribution in [0.4, 0.5) is 0 Å². The van der Waals surface area contributed by atoms with Crippen molar-refractivity contribution < 1.29 is 8.42 Å². The molecule has 7 heteroatoms. The highest BCUT2D eigenvalue weighted by Gasteiger charge is 2.39. The van der Waals surface area contributed by atoms with Crippen LogP contribution in [0.3, 0.4) is 0 Å². The van der Waals surface area contributed by atoms with E-state index in [1.165, 1.54) is 0 Å². The van der Waals surface area contributed by atoms with Gasteiger partial charge in [-0.25, -0.2) is 13.4 Å². The first-order valence-electron chi connectivity index (χ1n) is 5.36. The second kappa shape index (κ2) is 3.54. The molecule has 0 amide bonds. The number of thiazole rings is 1. The van der Waals surface area contributed by atoms with E-state index in [1.54, 1.807) is 11.3 Å². The average molecular weight is 271 g/mol. The third-order valence-electron chi connectivity index (χ3n) is 3.09. The first-order chi connectivity index (χ1) is 7.96. The van der Waals surface area contributed by atoms with Crippen molar-refractivity contribution in [2.75, 3.05) is 11.5 Å². The molecule has 1 aliphatic heterocycles. The minimum absolute atomic E-state index is 0.0746. The van der Waals surface area contributed by atoms with Crippen LogP contribution in [-0.2, 0) is 16.3 Å². The molecule has 0 radical (unpaired) electrons. The first-order valence-corrected chi connectivity index (χ1v) is 8.06. The lowest BCUT2D eigenvalue weighted by Crippen LogP contribution is -2.43. The van der Waals surface area contributed by atoms with Gasteiger partial charge < -0.3 is 5.73 Å². The zero-order valence-corrected chi connectivity index (χ0v) is 10.8. The second-order valence-corrected chi connectivity index (χ2v) is 7.76. The summed E-state index contributed by atoms with van der Waals surface area (Å²) in [7, 11) is -2.95. The Kier molecular flexibility index (Phi) is 2.33. The number of sulfone groups is 1. The van der Waals surface area contributed by atoms with Gasteiger partial charge in [0.05, 0.1) is 17.2 Å². The standard InChI is InChI=1S/C10H13N3O2S2/c11-10(1-4-17(14,15)7-10)5-8-6-13-2-3-16-9(13)12-8/h2-3,6H,1,4-5,7,11H2. The van der Waals surface area contributed by atoms with Crippen molar-refractivity contribution in [1.29, 1.82) is 0 Å². The molecule has 3 heterocycles. The van der Waals surface area contributed by atoms with E-state index in [9.17, 15) is 8.42 Å². The lowest BCUT2D eigenvalue weighted by Gasteiger charge is -2.20. The molecule has 92 valence electrons. The molecule has 0 aromatic carbocycles. The van der Waals surface area contributed by atoms with Crippen molar-refractivity contribution in [1.82, 2.24) is 9.38 Å². The van der Waals surface area contributed by atoms with Crippen molar-refractivity contribution in [3.8, 4) is 0 Å². The number of nitrogens with zero attached hydrogens (tertiary/aromatic N) is 2. The molecule has 1 aliphatic rings. The molecule has 2 aromatic heterocycles. The first kappa shape index (κ1) is 11.2. The number of hydrogen-bond donors (Lipinski definition) is 1. The van der Waals surface area contributed by atoms with Crippen molar-refractivity contribution in [2.24, 2.45) is 5.73 Å². The van der Waals surface area contributed by atoms with Gasteiger partial charge in [0.1, 0.15) is 0 Å². The highest BCUT2D eigenvalue weighted by molar-refractivity contribution is 7.91. The summed E-state index contributed by atoms with van der Waals surface area (Å²) in [6, 6.07) is 0. The fraction of sp³-hybridized carbons (Fsp3) is 0.500. The van der Waals surface area contributed by atoms with Crippen LogP contribution in [0.1, 0.15) is 12.1 Å². The Labute approximate surface area is 103 Å². The molecular weight excluding hydrogens is 258 g/mol. The molecule has 2 N–H and O–H groups in total. The van der Waals surface area contributed by atoms with Crippen LogP contribution in [0.15, 0.2) is 17.8 Å². The molecule has 0 spiro atoms. The Morgan fingerprint density at radius 2 is 2.41 bits per heavy atom. The number of aromatic nitrogens is 2. The normalized spacial score (nSPS) is 27.8. The van der Waals surface area contributed by atoms with Crippen LogP contribution in [0.2, 0.25) is 0 Å². The molecule has 3 rings (SSSR count). The Balaban J connectivity index is 1.86. The Morgan fingerprint density at radius 3 is 3.06 bits per heavy atom. The summed E-state index contributed by atoms with van der Waals surface area (Å²) in [5, 5.41) is 1.96. The molecule has 1 saturated heterocycles. The van der Waals surface area contributed by atoms with E-state index in [0.29, 0.717) is 12.8 Å². The molecule has 17 heavy (non-hydrogen) atoms. The summed E-state index contributed by atoms with van der Waals surface area (Å²) in [6.07, 6.45) is 4.91. The van der Waals surface area contributed by atoms with Gasteiger partial charge in [0.25, 0.3) is 0 Å². The van der Waals surface area contributed by atoms with Gasteiger partial charge in [0.15, 0.2) is 14.8 Å². The zero-order chi connectivity index (χ0) is 12.1. The van der Waals surface area contributed by atoms with Crippen LogP contribution < -0.4 is 5.73 Å². The highest BCUT2D eigenvalue weighted by Crippen LogP contribution is 2.25. The van der Waals surface area contributed by atoms with E-state index in [4.69, 9.17) is 5.73 Å². The topological polar surface area (TPSA) is 77.5 Å². The number of imidazole rings is 1. The van der Waals surface area contributed by atoms with Crippen LogP contribution in [0.25, 0.3) is 4.96 Å². The molecule has 1 fully saturated rings. The molecule has 1 unspecified atom stereocenters. The van der Waals surface area contributed by atoms with Crippen LogP contribution >= 0.6 is 11.3 Å². The van der Waals surface area contributed by atoms with Gasteiger partial charge in [-0.15, -0.1) is 11.3 Å². The maximum Gasteiger partial charge on any atom is 0.193 e. The summed E-state index contributed by atoms with van der Waals surface area (Å²) >= 11 is 1.56. The number of fused-ring (bicyclic) bond motifs is 1. The van der Waals surface area contributed by atoms with E-state index in [0.717, 1.165) is 10.7 Å². The summed E-state index contributed by atoms with van der Waals surface area (Å²) < 4.78 is 24.8. The monoisotopic (exact) mass is 271 g/mol. The smallest absolute Gasteiger partial charge is 0.193 e. The maximum absolute atomic E-state index is 11.5. The average Bonchev–Trinajstić information content (AvgIpc) is 2.79. The van der Waals surface area contributed by atoms with Crippen LogP contribution in [0, 0.1) is 0 Å². The number of nitrogens with two attached hydrogens (primary N) is 1. The largest absolute Gasteiger partial charge is 0.324 e. The highest BCUT2D eigenvalue weighted by atomic mass is 32.2. The molecule has 5 nitrogen and oxygen atoms in total. The van der Waals surface area contributed by atoms with E-state index in [2.05, 4.69) is 4.98 Å². The van der Waals surface area contributed by atoms with Crippen molar-refractivity contribution in [3.05, 3.63) is 23.5 Å². The van der Waals surface area contributed by atoms with Gasteiger partial charge in [-0.2, -0.15) is 0 Å². The van der Waals surface area contributed by atoms with Crippen molar-refractivity contribution in [3.63, 3.8) is 0 Å². The summed E-state index contributed by atoms with van der Waals surface area (Å²) in [6.45, 7) is 0. The van der Waals surface area contributed by atoms with E-state index < -0.39 is 15.4 Å². The third-order valence-corrected chi connectivity index (χ3v) is 5.71. The maximum atomic E-state index is 11.5. The minimum Gasteiger partial charge on any atom is -0.324 e. The SMILES string of the molecule is NC1(Cc2cn3ccsc3n2)CCS(=O)(=O)C1. The lowest BCUT2D eigenvalue weighted by molar-refractivity contribution is 0.472. The quantitative estimate of drug-likeness (QED) is 0.860. The van der Waals surface area contributed by atoms with Gasteiger partial charge in [0.2, 0.25) is 0 Å². The Bertz CT molecular complexity index is 629. The molecule has 1 atom stereocenters. The predicted molar refractivity (Wildman–Crippen MR) is 67.0 cm³/mol. The summed E-state index contributed by atoms with van der Waals surface area (Å²) in [4.78, 5) is 5.36.